The summed E-state index contributed by atoms with van der Waals surface area (Å²) in [5, 5.41) is 7.22. The van der Waals surface area contributed by atoms with Gasteiger partial charge < -0.3 is 5.41 Å². The molecule has 1 fully saturated rings. The van der Waals surface area contributed by atoms with E-state index in [0.717, 1.165) is 11.8 Å². The van der Waals surface area contributed by atoms with Gasteiger partial charge in [0.25, 0.3) is 0 Å². The number of rotatable bonds is 1. The van der Waals surface area contributed by atoms with Gasteiger partial charge in [0.05, 0.1) is 5.71 Å². The molecule has 1 aliphatic rings. The molecule has 0 saturated carbocycles. The van der Waals surface area contributed by atoms with Crippen molar-refractivity contribution >= 4 is 28.3 Å². The molecule has 0 aliphatic carbocycles. The molecule has 10 heavy (non-hydrogen) atoms. The normalized spacial score (nSPS) is 22.7. The Kier molecular flexibility index (Phi) is 2.21. The second kappa shape index (κ2) is 2.96. The zero-order valence-electron chi connectivity index (χ0n) is 5.68. The van der Waals surface area contributed by atoms with E-state index in [2.05, 4.69) is 4.99 Å². The second-order valence-electron chi connectivity index (χ2n) is 1.88. The average molecular weight is 156 g/mol. The van der Waals surface area contributed by atoms with Crippen molar-refractivity contribution in [2.45, 2.75) is 6.92 Å². The van der Waals surface area contributed by atoms with E-state index in [1.807, 2.05) is 6.92 Å². The van der Waals surface area contributed by atoms with Gasteiger partial charge in [-0.25, -0.2) is 0 Å². The average Bonchev–Trinajstić information content (AvgIpc) is 2.20. The highest BCUT2D eigenvalue weighted by molar-refractivity contribution is 8.17. The number of nitrogens with zero attached hydrogens (tertiary/aromatic N) is 1. The maximum Gasteiger partial charge on any atom is 0.239 e. The monoisotopic (exact) mass is 156 g/mol. The predicted molar refractivity (Wildman–Crippen MR) is 43.2 cm³/mol. The highest BCUT2D eigenvalue weighted by Gasteiger charge is 2.24. The minimum atomic E-state index is -0.0492. The Morgan fingerprint density at radius 3 is 2.90 bits per heavy atom. The minimum Gasteiger partial charge on any atom is -0.302 e. The molecular formula is C6H8N2OS. The molecule has 1 saturated heterocycles. The number of nitrogens with one attached hydrogen (secondary N) is 1. The lowest BCUT2D eigenvalue weighted by Gasteiger charge is -1.89. The molecule has 0 aromatic heterocycles. The van der Waals surface area contributed by atoms with E-state index in [-0.39, 0.29) is 5.12 Å². The predicted octanol–water partition coefficient (Wildman–Crippen LogP) is 0.740. The molecule has 0 aromatic carbocycles. The van der Waals surface area contributed by atoms with Gasteiger partial charge in [-0.05, 0) is 6.92 Å². The summed E-state index contributed by atoms with van der Waals surface area (Å²) in [6.45, 7) is 2.45. The van der Waals surface area contributed by atoms with Gasteiger partial charge in [-0.3, -0.25) is 9.79 Å². The fourth-order valence-electron chi connectivity index (χ4n) is 0.716. The molecule has 1 aliphatic heterocycles. The molecule has 54 valence electrons. The zero-order valence-corrected chi connectivity index (χ0v) is 6.49. The van der Waals surface area contributed by atoms with Crippen molar-refractivity contribution in [3.8, 4) is 0 Å². The fraction of sp³-hybridized carbons (Fsp3) is 0.500. The zero-order chi connectivity index (χ0) is 7.56. The smallest absolute Gasteiger partial charge is 0.239 e. The van der Waals surface area contributed by atoms with E-state index in [0.29, 0.717) is 23.7 Å². The number of hydrogen-bond donors (Lipinski definition) is 1. The van der Waals surface area contributed by atoms with Crippen LogP contribution in [0.3, 0.4) is 0 Å². The van der Waals surface area contributed by atoms with Crippen molar-refractivity contribution in [1.29, 1.82) is 5.41 Å². The number of aliphatic imine (C=N–C) groups is 1. The molecule has 0 aromatic rings. The fourth-order valence-corrected chi connectivity index (χ4v) is 1.45. The Bertz CT molecular complexity index is 192. The first-order valence-corrected chi connectivity index (χ1v) is 4.03. The van der Waals surface area contributed by atoms with Crippen molar-refractivity contribution in [1.82, 2.24) is 0 Å². The van der Waals surface area contributed by atoms with E-state index < -0.39 is 0 Å². The molecule has 1 heterocycles. The maximum absolute atomic E-state index is 10.9. The third kappa shape index (κ3) is 1.26. The Hall–Kier alpha value is -0.640. The van der Waals surface area contributed by atoms with Gasteiger partial charge in [-0.15, -0.1) is 0 Å². The summed E-state index contributed by atoms with van der Waals surface area (Å²) >= 11 is 1.16. The summed E-state index contributed by atoms with van der Waals surface area (Å²) in [6.07, 6.45) is 0. The Morgan fingerprint density at radius 2 is 2.50 bits per heavy atom. The molecule has 4 heteroatoms. The van der Waals surface area contributed by atoms with Gasteiger partial charge in [0.1, 0.15) is 5.71 Å². The van der Waals surface area contributed by atoms with Crippen LogP contribution >= 0.6 is 11.8 Å². The highest BCUT2D eigenvalue weighted by atomic mass is 32.2. The lowest BCUT2D eigenvalue weighted by atomic mass is 10.3. The van der Waals surface area contributed by atoms with Crippen molar-refractivity contribution in [3.63, 3.8) is 0 Å². The van der Waals surface area contributed by atoms with Gasteiger partial charge in [0.2, 0.25) is 5.12 Å². The van der Waals surface area contributed by atoms with Crippen LogP contribution in [0.2, 0.25) is 0 Å². The van der Waals surface area contributed by atoms with Crippen LogP contribution in [0.5, 0.6) is 0 Å². The number of carbonyl (C=O) groups excluding carboxylic acids is 1. The number of hydrogen-bond acceptors (Lipinski definition) is 4. The first-order chi connectivity index (χ1) is 4.75. The van der Waals surface area contributed by atoms with Crippen LogP contribution in [0.25, 0.3) is 0 Å². The minimum absolute atomic E-state index is 0.0492. The maximum atomic E-state index is 10.9. The molecule has 0 atom stereocenters. The van der Waals surface area contributed by atoms with E-state index in [4.69, 9.17) is 5.41 Å². The molecule has 1 N–H and O–H groups in total. The van der Waals surface area contributed by atoms with Crippen LogP contribution < -0.4 is 0 Å². The Morgan fingerprint density at radius 1 is 1.80 bits per heavy atom. The van der Waals surface area contributed by atoms with E-state index in [1.54, 1.807) is 0 Å². The summed E-state index contributed by atoms with van der Waals surface area (Å²) in [5.41, 5.74) is 0.740. The lowest BCUT2D eigenvalue weighted by molar-refractivity contribution is -0.105. The van der Waals surface area contributed by atoms with Crippen LogP contribution in [0.1, 0.15) is 6.92 Å². The molecule has 0 radical (unpaired) electrons. The van der Waals surface area contributed by atoms with Crippen molar-refractivity contribution in [3.05, 3.63) is 0 Å². The third-order valence-electron chi connectivity index (χ3n) is 1.14. The molecule has 3 nitrogen and oxygen atoms in total. The van der Waals surface area contributed by atoms with Gasteiger partial charge in [-0.2, -0.15) is 0 Å². The standard InChI is InChI=1S/C6H8N2OS/c1-2-8-5-4(7)3-10-6(5)9/h7H,2-3H2,1H3. The summed E-state index contributed by atoms with van der Waals surface area (Å²) in [4.78, 5) is 14.8. The summed E-state index contributed by atoms with van der Waals surface area (Å²) in [7, 11) is 0. The highest BCUT2D eigenvalue weighted by Crippen LogP contribution is 2.13. The lowest BCUT2D eigenvalue weighted by Crippen LogP contribution is -2.13. The van der Waals surface area contributed by atoms with Crippen molar-refractivity contribution in [2.24, 2.45) is 4.99 Å². The Balaban J connectivity index is 2.82. The molecule has 0 unspecified atom stereocenters. The number of thioether (sulfide) groups is 1. The topological polar surface area (TPSA) is 53.3 Å². The van der Waals surface area contributed by atoms with E-state index in [9.17, 15) is 4.79 Å². The van der Waals surface area contributed by atoms with Crippen LogP contribution in [0.4, 0.5) is 0 Å². The van der Waals surface area contributed by atoms with Gasteiger partial charge in [-0.1, -0.05) is 11.8 Å². The van der Waals surface area contributed by atoms with Crippen molar-refractivity contribution in [2.75, 3.05) is 12.3 Å². The third-order valence-corrected chi connectivity index (χ3v) is 2.03. The first-order valence-electron chi connectivity index (χ1n) is 3.05. The molecular weight excluding hydrogens is 148 g/mol. The van der Waals surface area contributed by atoms with Crippen LogP contribution in [-0.4, -0.2) is 28.8 Å². The van der Waals surface area contributed by atoms with E-state index in [1.165, 1.54) is 0 Å². The Labute approximate surface area is 63.4 Å². The molecule has 1 rings (SSSR count). The summed E-state index contributed by atoms with van der Waals surface area (Å²) < 4.78 is 0. The van der Waals surface area contributed by atoms with Crippen LogP contribution in [-0.2, 0) is 4.79 Å². The molecule has 0 spiro atoms. The first kappa shape index (κ1) is 7.47. The molecule has 0 amide bonds. The van der Waals surface area contributed by atoms with E-state index >= 15 is 0 Å². The largest absolute Gasteiger partial charge is 0.302 e. The summed E-state index contributed by atoms with van der Waals surface area (Å²) in [6, 6.07) is 0. The van der Waals surface area contributed by atoms with Crippen molar-refractivity contribution < 1.29 is 4.79 Å². The molecule has 0 bridgehead atoms. The van der Waals surface area contributed by atoms with Crippen LogP contribution in [0, 0.1) is 5.41 Å². The van der Waals surface area contributed by atoms with Gasteiger partial charge in [0.15, 0.2) is 0 Å². The SMILES string of the molecule is CCN=C1C(=N)CSC1=O. The second-order valence-corrected chi connectivity index (χ2v) is 2.83. The number of carbonyl (C=O) groups is 1. The summed E-state index contributed by atoms with van der Waals surface area (Å²) in [5.74, 6) is 0.498. The van der Waals surface area contributed by atoms with Gasteiger partial charge in [0, 0.05) is 12.3 Å². The van der Waals surface area contributed by atoms with Crippen LogP contribution in [0.15, 0.2) is 4.99 Å². The van der Waals surface area contributed by atoms with Gasteiger partial charge >= 0.3 is 0 Å². The quantitative estimate of drug-likeness (QED) is 0.608.